The molecule has 1 unspecified atom stereocenters. The minimum absolute atomic E-state index is 0.298. The van der Waals surface area contributed by atoms with E-state index in [0.717, 1.165) is 11.6 Å². The van der Waals surface area contributed by atoms with Crippen LogP contribution in [0.5, 0.6) is 0 Å². The fourth-order valence-electron chi connectivity index (χ4n) is 1.32. The molecular weight excluding hydrogens is 248 g/mol. The molecule has 2 N–H and O–H groups in total. The molecule has 0 spiro atoms. The van der Waals surface area contributed by atoms with Crippen molar-refractivity contribution in [3.63, 3.8) is 0 Å². The monoisotopic (exact) mass is 271 g/mol. The first-order valence-corrected chi connectivity index (χ1v) is 6.22. The summed E-state index contributed by atoms with van der Waals surface area (Å²) in [5.74, 6) is -0.552. The van der Waals surface area contributed by atoms with Crippen molar-refractivity contribution in [3.8, 4) is 0 Å². The number of aliphatic imine (C=N–C) groups is 1. The highest BCUT2D eigenvalue weighted by molar-refractivity contribution is 5.56. The molecule has 0 aromatic heterocycles. The number of likely N-dealkylation sites (N-methyl/N-ethyl adjacent to an activating group) is 1. The fourth-order valence-corrected chi connectivity index (χ4v) is 1.32. The van der Waals surface area contributed by atoms with E-state index >= 15 is 0 Å². The Morgan fingerprint density at radius 1 is 1.53 bits per heavy atom. The molecule has 0 bridgehead atoms. The van der Waals surface area contributed by atoms with Gasteiger partial charge in [-0.3, -0.25) is 0 Å². The lowest BCUT2D eigenvalue weighted by atomic mass is 10.1. The van der Waals surface area contributed by atoms with Gasteiger partial charge >= 0.3 is 0 Å². The predicted octanol–water partition coefficient (Wildman–Crippen LogP) is 2.97. The normalized spacial score (nSPS) is 14.8. The van der Waals surface area contributed by atoms with Gasteiger partial charge in [0.15, 0.2) is 0 Å². The molecule has 19 heavy (non-hydrogen) atoms. The minimum Gasteiger partial charge on any atom is -0.362 e. The van der Waals surface area contributed by atoms with E-state index in [9.17, 15) is 8.78 Å². The minimum atomic E-state index is -1.29. The number of alkyl halides is 1. The zero-order valence-electron chi connectivity index (χ0n) is 11.9. The lowest BCUT2D eigenvalue weighted by Crippen LogP contribution is -2.19. The molecule has 108 valence electrons. The van der Waals surface area contributed by atoms with Crippen molar-refractivity contribution in [1.29, 1.82) is 0 Å². The van der Waals surface area contributed by atoms with Crippen LogP contribution in [0.3, 0.4) is 0 Å². The summed E-state index contributed by atoms with van der Waals surface area (Å²) in [5, 5.41) is 0. The van der Waals surface area contributed by atoms with Crippen LogP contribution in [-0.4, -0.2) is 37.5 Å². The van der Waals surface area contributed by atoms with Crippen molar-refractivity contribution in [2.45, 2.75) is 26.4 Å². The standard InChI is InChI=1S/C14H23F2N3/c1-5-13(7-14(16)6-11(2)15)9-19(4)10-18-12(3)8-17/h6-7,10-11H,3,5,8-9,17H2,1-2,4H3/b13-7+,14-6+,18-10?. The molecule has 0 heterocycles. The summed E-state index contributed by atoms with van der Waals surface area (Å²) in [4.78, 5) is 5.84. The number of hydrogen-bond donors (Lipinski definition) is 1. The van der Waals surface area contributed by atoms with E-state index in [0.29, 0.717) is 25.2 Å². The van der Waals surface area contributed by atoms with Crippen LogP contribution in [0.15, 0.2) is 40.8 Å². The summed E-state index contributed by atoms with van der Waals surface area (Å²) in [6.45, 7) is 7.67. The lowest BCUT2D eigenvalue weighted by molar-refractivity contribution is 0.423. The highest BCUT2D eigenvalue weighted by atomic mass is 19.1. The van der Waals surface area contributed by atoms with Gasteiger partial charge < -0.3 is 10.6 Å². The van der Waals surface area contributed by atoms with E-state index in [2.05, 4.69) is 11.6 Å². The topological polar surface area (TPSA) is 41.6 Å². The number of nitrogens with two attached hydrogens (primary N) is 1. The molecule has 0 saturated heterocycles. The molecule has 0 fully saturated rings. The van der Waals surface area contributed by atoms with E-state index in [4.69, 9.17) is 5.73 Å². The highest BCUT2D eigenvalue weighted by Gasteiger charge is 2.02. The lowest BCUT2D eigenvalue weighted by Gasteiger charge is -2.15. The van der Waals surface area contributed by atoms with Gasteiger partial charge in [-0.2, -0.15) is 0 Å². The average molecular weight is 271 g/mol. The Morgan fingerprint density at radius 2 is 2.16 bits per heavy atom. The van der Waals surface area contributed by atoms with E-state index < -0.39 is 12.0 Å². The Bertz CT molecular complexity index is 371. The van der Waals surface area contributed by atoms with Gasteiger partial charge in [0.2, 0.25) is 0 Å². The third-order valence-corrected chi connectivity index (χ3v) is 2.31. The fraction of sp³-hybridized carbons (Fsp3) is 0.500. The molecular formula is C14H23F2N3. The Morgan fingerprint density at radius 3 is 2.63 bits per heavy atom. The first kappa shape index (κ1) is 17.5. The number of halogens is 2. The molecule has 0 aliphatic rings. The van der Waals surface area contributed by atoms with Gasteiger partial charge in [0.25, 0.3) is 0 Å². The van der Waals surface area contributed by atoms with Crippen LogP contribution in [0, 0.1) is 0 Å². The Hall–Kier alpha value is -1.49. The molecule has 5 heteroatoms. The van der Waals surface area contributed by atoms with Crippen molar-refractivity contribution in [1.82, 2.24) is 4.90 Å². The largest absolute Gasteiger partial charge is 0.362 e. The SMILES string of the molecule is C=C(CN)N=CN(C)C/C(=C/C(F)=C\C(C)F)CC. The molecule has 0 saturated carbocycles. The van der Waals surface area contributed by atoms with Crippen LogP contribution in [0.25, 0.3) is 0 Å². The molecule has 0 aromatic rings. The average Bonchev–Trinajstić information content (AvgIpc) is 2.33. The molecule has 0 rings (SSSR count). The number of rotatable bonds is 8. The maximum Gasteiger partial charge on any atom is 0.122 e. The predicted molar refractivity (Wildman–Crippen MR) is 77.5 cm³/mol. The van der Waals surface area contributed by atoms with Gasteiger partial charge in [0.1, 0.15) is 12.0 Å². The maximum absolute atomic E-state index is 13.4. The van der Waals surface area contributed by atoms with Gasteiger partial charge in [-0.15, -0.1) is 0 Å². The van der Waals surface area contributed by atoms with Crippen molar-refractivity contribution < 1.29 is 8.78 Å². The third kappa shape index (κ3) is 9.13. The van der Waals surface area contributed by atoms with Crippen molar-refractivity contribution in [2.24, 2.45) is 10.7 Å². The number of hydrogen-bond acceptors (Lipinski definition) is 2. The number of allylic oxidation sites excluding steroid dienone is 3. The Balaban J connectivity index is 4.60. The van der Waals surface area contributed by atoms with Crippen LogP contribution in [0.4, 0.5) is 8.78 Å². The third-order valence-electron chi connectivity index (χ3n) is 2.31. The van der Waals surface area contributed by atoms with Crippen LogP contribution < -0.4 is 5.73 Å². The zero-order valence-corrected chi connectivity index (χ0v) is 11.9. The van der Waals surface area contributed by atoms with Crippen LogP contribution >= 0.6 is 0 Å². The first-order chi connectivity index (χ1) is 8.88. The summed E-state index contributed by atoms with van der Waals surface area (Å²) in [5.41, 5.74) is 6.79. The molecule has 0 aliphatic heterocycles. The maximum atomic E-state index is 13.4. The second kappa shape index (κ2) is 9.44. The highest BCUT2D eigenvalue weighted by Crippen LogP contribution is 2.10. The molecule has 0 amide bonds. The molecule has 1 atom stereocenters. The summed E-state index contributed by atoms with van der Waals surface area (Å²) in [7, 11) is 1.82. The van der Waals surface area contributed by atoms with Crippen molar-refractivity contribution in [3.05, 3.63) is 35.8 Å². The quantitative estimate of drug-likeness (QED) is 0.419. The van der Waals surface area contributed by atoms with E-state index in [-0.39, 0.29) is 0 Å². The second-order valence-corrected chi connectivity index (χ2v) is 4.32. The smallest absolute Gasteiger partial charge is 0.122 e. The van der Waals surface area contributed by atoms with Gasteiger partial charge in [-0.05, 0) is 31.1 Å². The first-order valence-electron chi connectivity index (χ1n) is 6.22. The van der Waals surface area contributed by atoms with Gasteiger partial charge in [-0.1, -0.05) is 13.5 Å². The van der Waals surface area contributed by atoms with Gasteiger partial charge in [0.05, 0.1) is 6.34 Å². The molecule has 0 radical (unpaired) electrons. The Kier molecular flexibility index (Phi) is 8.70. The van der Waals surface area contributed by atoms with E-state index in [1.807, 2.05) is 14.0 Å². The van der Waals surface area contributed by atoms with E-state index in [1.54, 1.807) is 11.2 Å². The summed E-state index contributed by atoms with van der Waals surface area (Å²) < 4.78 is 26.0. The van der Waals surface area contributed by atoms with Crippen LogP contribution in [0.2, 0.25) is 0 Å². The zero-order chi connectivity index (χ0) is 14.8. The molecule has 3 nitrogen and oxygen atoms in total. The summed E-state index contributed by atoms with van der Waals surface area (Å²) >= 11 is 0. The summed E-state index contributed by atoms with van der Waals surface area (Å²) in [6.07, 6.45) is 3.29. The Labute approximate surface area is 114 Å². The number of nitrogens with zero attached hydrogens (tertiary/aromatic N) is 2. The summed E-state index contributed by atoms with van der Waals surface area (Å²) in [6, 6.07) is 0. The molecule has 0 aromatic carbocycles. The molecule has 0 aliphatic carbocycles. The van der Waals surface area contributed by atoms with Crippen molar-refractivity contribution in [2.75, 3.05) is 20.1 Å². The van der Waals surface area contributed by atoms with Gasteiger partial charge in [0, 0.05) is 25.8 Å². The van der Waals surface area contributed by atoms with Crippen LogP contribution in [-0.2, 0) is 0 Å². The van der Waals surface area contributed by atoms with Crippen LogP contribution in [0.1, 0.15) is 20.3 Å². The van der Waals surface area contributed by atoms with Crippen molar-refractivity contribution >= 4 is 6.34 Å². The van der Waals surface area contributed by atoms with E-state index in [1.165, 1.54) is 13.0 Å². The van der Waals surface area contributed by atoms with Gasteiger partial charge in [-0.25, -0.2) is 13.8 Å². The second-order valence-electron chi connectivity index (χ2n) is 4.32.